The van der Waals surface area contributed by atoms with Crippen molar-refractivity contribution < 1.29 is 14.6 Å². The zero-order valence-electron chi connectivity index (χ0n) is 12.5. The van der Waals surface area contributed by atoms with E-state index in [1.807, 2.05) is 6.07 Å². The molecule has 1 aromatic rings. The van der Waals surface area contributed by atoms with Crippen LogP contribution in [0.25, 0.3) is 0 Å². The van der Waals surface area contributed by atoms with Crippen LogP contribution in [0.15, 0.2) is 17.5 Å². The van der Waals surface area contributed by atoms with Crippen molar-refractivity contribution in [2.75, 3.05) is 39.4 Å². The third kappa shape index (κ3) is 3.85. The minimum absolute atomic E-state index is 0.0219. The number of nitrogens with one attached hydrogen (secondary N) is 2. The van der Waals surface area contributed by atoms with E-state index in [0.717, 1.165) is 26.3 Å². The third-order valence-electron chi connectivity index (χ3n) is 4.25. The van der Waals surface area contributed by atoms with Gasteiger partial charge in [0, 0.05) is 31.1 Å². The first-order valence-electron chi connectivity index (χ1n) is 7.78. The van der Waals surface area contributed by atoms with E-state index in [4.69, 9.17) is 4.74 Å². The van der Waals surface area contributed by atoms with Crippen molar-refractivity contribution in [1.82, 2.24) is 15.5 Å². The van der Waals surface area contributed by atoms with Crippen LogP contribution in [0, 0.1) is 0 Å². The number of amides is 1. The summed E-state index contributed by atoms with van der Waals surface area (Å²) in [5.41, 5.74) is 0. The van der Waals surface area contributed by atoms with E-state index in [9.17, 15) is 9.90 Å². The first-order chi connectivity index (χ1) is 10.7. The summed E-state index contributed by atoms with van der Waals surface area (Å²) >= 11 is 1.72. The molecule has 0 aliphatic carbocycles. The predicted molar refractivity (Wildman–Crippen MR) is 84.9 cm³/mol. The minimum Gasteiger partial charge on any atom is -0.392 e. The molecule has 0 spiro atoms. The lowest BCUT2D eigenvalue weighted by Crippen LogP contribution is -2.46. The highest BCUT2D eigenvalue weighted by atomic mass is 32.1. The number of aliphatic hydroxyl groups is 1. The van der Waals surface area contributed by atoms with Crippen molar-refractivity contribution in [2.24, 2.45) is 0 Å². The molecule has 2 fully saturated rings. The number of hydrogen-bond donors (Lipinski definition) is 3. The van der Waals surface area contributed by atoms with Crippen LogP contribution in [-0.2, 0) is 9.53 Å². The molecule has 6 nitrogen and oxygen atoms in total. The average Bonchev–Trinajstić information content (AvgIpc) is 3.20. The quantitative estimate of drug-likeness (QED) is 0.708. The van der Waals surface area contributed by atoms with Crippen LogP contribution in [0.1, 0.15) is 17.3 Å². The Morgan fingerprint density at radius 1 is 1.55 bits per heavy atom. The normalized spacial score (nSPS) is 27.7. The van der Waals surface area contributed by atoms with Crippen molar-refractivity contribution >= 4 is 17.2 Å². The van der Waals surface area contributed by atoms with Crippen LogP contribution in [0.4, 0.5) is 0 Å². The molecule has 0 aromatic carbocycles. The number of carbonyl (C=O) groups excluding carboxylic acids is 1. The molecule has 2 aliphatic rings. The molecule has 3 heterocycles. The molecule has 7 heteroatoms. The van der Waals surface area contributed by atoms with E-state index < -0.39 is 6.10 Å². The van der Waals surface area contributed by atoms with Gasteiger partial charge in [-0.2, -0.15) is 0 Å². The molecule has 2 saturated heterocycles. The summed E-state index contributed by atoms with van der Waals surface area (Å²) in [6, 6.07) is 4.08. The molecular weight excluding hydrogens is 302 g/mol. The molecular formula is C15H23N3O3S. The number of carbonyl (C=O) groups is 1. The van der Waals surface area contributed by atoms with Crippen LogP contribution < -0.4 is 10.6 Å². The Bertz CT molecular complexity index is 476. The van der Waals surface area contributed by atoms with Gasteiger partial charge in [-0.25, -0.2) is 0 Å². The van der Waals surface area contributed by atoms with Gasteiger partial charge < -0.3 is 20.5 Å². The third-order valence-corrected chi connectivity index (χ3v) is 5.23. The summed E-state index contributed by atoms with van der Waals surface area (Å²) < 4.78 is 5.42. The molecule has 0 saturated carbocycles. The number of rotatable bonds is 5. The maximum atomic E-state index is 12.2. The van der Waals surface area contributed by atoms with Crippen molar-refractivity contribution in [1.29, 1.82) is 0 Å². The molecule has 3 N–H and O–H groups in total. The van der Waals surface area contributed by atoms with Crippen molar-refractivity contribution in [2.45, 2.75) is 24.6 Å². The maximum absolute atomic E-state index is 12.2. The Kier molecular flexibility index (Phi) is 5.43. The fourth-order valence-electron chi connectivity index (χ4n) is 3.02. The highest BCUT2D eigenvalue weighted by Crippen LogP contribution is 2.25. The summed E-state index contributed by atoms with van der Waals surface area (Å²) in [5, 5.41) is 17.7. The summed E-state index contributed by atoms with van der Waals surface area (Å²) in [6.07, 6.45) is 0.0793. The van der Waals surface area contributed by atoms with Crippen molar-refractivity contribution in [3.05, 3.63) is 22.4 Å². The van der Waals surface area contributed by atoms with Gasteiger partial charge >= 0.3 is 0 Å². The molecule has 3 rings (SSSR count). The van der Waals surface area contributed by atoms with E-state index in [2.05, 4.69) is 27.0 Å². The van der Waals surface area contributed by atoms with E-state index >= 15 is 0 Å². The van der Waals surface area contributed by atoms with Crippen LogP contribution >= 0.6 is 11.3 Å². The van der Waals surface area contributed by atoms with Gasteiger partial charge in [-0.15, -0.1) is 11.3 Å². The Hall–Kier alpha value is -0.990. The Balaban J connectivity index is 1.59. The lowest BCUT2D eigenvalue weighted by atomic mass is 10.1. The topological polar surface area (TPSA) is 73.8 Å². The number of nitrogens with zero attached hydrogens (tertiary/aromatic N) is 1. The lowest BCUT2D eigenvalue weighted by Gasteiger charge is -2.34. The number of aliphatic hydroxyl groups excluding tert-OH is 1. The highest BCUT2D eigenvalue weighted by molar-refractivity contribution is 7.10. The first-order valence-corrected chi connectivity index (χ1v) is 8.66. The molecule has 1 aromatic heterocycles. The summed E-state index contributed by atoms with van der Waals surface area (Å²) in [5.74, 6) is -0.0219. The summed E-state index contributed by atoms with van der Waals surface area (Å²) in [7, 11) is 0. The van der Waals surface area contributed by atoms with Gasteiger partial charge in [-0.05, 0) is 17.9 Å². The highest BCUT2D eigenvalue weighted by Gasteiger charge is 2.29. The van der Waals surface area contributed by atoms with Gasteiger partial charge in [0.25, 0.3) is 0 Å². The summed E-state index contributed by atoms with van der Waals surface area (Å²) in [6.45, 7) is 4.35. The van der Waals surface area contributed by atoms with Gasteiger partial charge in [-0.3, -0.25) is 9.69 Å². The number of hydrogen-bond acceptors (Lipinski definition) is 6. The Labute approximate surface area is 134 Å². The molecule has 122 valence electrons. The smallest absolute Gasteiger partial charge is 0.237 e. The lowest BCUT2D eigenvalue weighted by molar-refractivity contribution is -0.123. The monoisotopic (exact) mass is 325 g/mol. The second-order valence-corrected chi connectivity index (χ2v) is 6.75. The van der Waals surface area contributed by atoms with E-state index in [1.54, 1.807) is 11.3 Å². The molecule has 0 unspecified atom stereocenters. The number of thiophene rings is 1. The molecule has 3 atom stereocenters. The van der Waals surface area contributed by atoms with E-state index in [-0.39, 0.29) is 18.0 Å². The van der Waals surface area contributed by atoms with Gasteiger partial charge in [0.2, 0.25) is 5.91 Å². The van der Waals surface area contributed by atoms with Gasteiger partial charge in [0.1, 0.15) is 0 Å². The number of ether oxygens (including phenoxy) is 1. The Morgan fingerprint density at radius 2 is 2.36 bits per heavy atom. The predicted octanol–water partition coefficient (Wildman–Crippen LogP) is -0.0396. The van der Waals surface area contributed by atoms with E-state index in [0.29, 0.717) is 19.5 Å². The zero-order valence-corrected chi connectivity index (χ0v) is 13.3. The second-order valence-electron chi connectivity index (χ2n) is 5.78. The standard InChI is InChI=1S/C15H23N3O3S/c19-11-8-12(16-9-11)15(20)17-10-13(14-2-1-7-22-14)18-3-5-21-6-4-18/h1-2,7,11-13,16,19H,3-6,8-10H2,(H,17,20)/t11-,12+,13-/m1/s1. The fourth-order valence-corrected chi connectivity index (χ4v) is 3.88. The molecule has 0 bridgehead atoms. The SMILES string of the molecule is O=C(NC[C@H](c1cccs1)N1CCOCC1)[C@@H]1C[C@@H](O)CN1. The second kappa shape index (κ2) is 7.52. The molecule has 0 radical (unpaired) electrons. The number of β-amino-alcohol motifs (C(OH)–C–C–N with tert-alkyl or cyclic N) is 1. The zero-order chi connectivity index (χ0) is 15.4. The maximum Gasteiger partial charge on any atom is 0.237 e. The number of morpholine rings is 1. The van der Waals surface area contributed by atoms with Crippen LogP contribution in [0.2, 0.25) is 0 Å². The molecule has 1 amide bonds. The first kappa shape index (κ1) is 15.9. The average molecular weight is 325 g/mol. The fraction of sp³-hybridized carbons (Fsp3) is 0.667. The minimum atomic E-state index is -0.414. The van der Waals surface area contributed by atoms with E-state index in [1.165, 1.54) is 4.88 Å². The summed E-state index contributed by atoms with van der Waals surface area (Å²) in [4.78, 5) is 15.9. The van der Waals surface area contributed by atoms with Crippen LogP contribution in [0.5, 0.6) is 0 Å². The Morgan fingerprint density at radius 3 is 3.00 bits per heavy atom. The largest absolute Gasteiger partial charge is 0.392 e. The van der Waals surface area contributed by atoms with Crippen LogP contribution in [-0.4, -0.2) is 67.5 Å². The van der Waals surface area contributed by atoms with Crippen molar-refractivity contribution in [3.63, 3.8) is 0 Å². The van der Waals surface area contributed by atoms with Gasteiger partial charge in [0.15, 0.2) is 0 Å². The molecule has 22 heavy (non-hydrogen) atoms. The van der Waals surface area contributed by atoms with Gasteiger partial charge in [-0.1, -0.05) is 6.07 Å². The van der Waals surface area contributed by atoms with Gasteiger partial charge in [0.05, 0.1) is 31.4 Å². The van der Waals surface area contributed by atoms with Crippen LogP contribution in [0.3, 0.4) is 0 Å². The molecule has 2 aliphatic heterocycles. The van der Waals surface area contributed by atoms with Crippen molar-refractivity contribution in [3.8, 4) is 0 Å².